The minimum absolute atomic E-state index is 0.417. The Morgan fingerprint density at radius 3 is 0.923 bits per heavy atom. The van der Waals surface area contributed by atoms with Gasteiger partial charge in [0, 0.05) is 10.4 Å². The summed E-state index contributed by atoms with van der Waals surface area (Å²) in [6.07, 6.45) is 0. The molecule has 0 fully saturated rings. The van der Waals surface area contributed by atoms with E-state index in [9.17, 15) is 0 Å². The van der Waals surface area contributed by atoms with Crippen LogP contribution in [-0.4, -0.2) is 56.1 Å². The fourth-order valence-electron chi connectivity index (χ4n) is 0. The molecule has 0 unspecified atom stereocenters. The van der Waals surface area contributed by atoms with Crippen molar-refractivity contribution in [2.45, 2.75) is 0 Å². The molecule has 0 amide bonds. The molecule has 8 nitrogen and oxygen atoms in total. The normalized spacial score (nSPS) is 10.0. The zero-order valence-corrected chi connectivity index (χ0v) is 8.75. The first kappa shape index (κ1) is 18.5. The molecule has 0 atom stereocenters. The molecule has 0 aromatic rings. The van der Waals surface area contributed by atoms with Gasteiger partial charge in [-0.05, 0) is 0 Å². The van der Waals surface area contributed by atoms with Crippen LogP contribution in [0.5, 0.6) is 0 Å². The van der Waals surface area contributed by atoms with Crippen LogP contribution in [-0.2, 0) is 10.4 Å². The minimum atomic E-state index is -5.17. The van der Waals surface area contributed by atoms with Crippen LogP contribution in [0.3, 0.4) is 0 Å². The highest BCUT2D eigenvalue weighted by Crippen LogP contribution is 1.57. The molecule has 0 saturated carbocycles. The number of rotatable bonds is 0. The highest BCUT2D eigenvalue weighted by Gasteiger charge is 1.64. The van der Waals surface area contributed by atoms with Gasteiger partial charge in [-0.1, -0.05) is 0 Å². The Balaban J connectivity index is -0.000000117. The van der Waals surface area contributed by atoms with Gasteiger partial charge >= 0.3 is 0 Å². The summed E-state index contributed by atoms with van der Waals surface area (Å²) in [7, 11) is 1.39. The number of hydrogen-bond acceptors (Lipinski definition) is 6. The first-order chi connectivity index (χ1) is 5.46. The van der Waals surface area contributed by atoms with Crippen LogP contribution in [0, 0.1) is 0 Å². The van der Waals surface area contributed by atoms with Gasteiger partial charge in [-0.15, -0.1) is 0 Å². The van der Waals surface area contributed by atoms with Gasteiger partial charge in [0.1, 0.15) is 0 Å². The fourth-order valence-corrected chi connectivity index (χ4v) is 0. The number of hydrogen-bond donors (Lipinski definition) is 4. The van der Waals surface area contributed by atoms with E-state index in [1.54, 1.807) is 28.2 Å². The van der Waals surface area contributed by atoms with Crippen molar-refractivity contribution in [2.24, 2.45) is 0 Å². The molecule has 0 heterocycles. The molecule has 4 N–H and O–H groups in total. The number of nitrogens with one attached hydrogen (secondary N) is 2. The summed E-state index contributed by atoms with van der Waals surface area (Å²) in [5, 5.41) is 16.8. The molecule has 0 spiro atoms. The first-order valence-corrected chi connectivity index (χ1v) is 4.45. The number of hydroxylamine groups is 4. The van der Waals surface area contributed by atoms with E-state index in [-0.39, 0.29) is 0 Å². The van der Waals surface area contributed by atoms with Crippen LogP contribution in [0.1, 0.15) is 0 Å². The van der Waals surface area contributed by atoms with Crippen molar-refractivity contribution in [3.8, 4) is 0 Å². The van der Waals surface area contributed by atoms with E-state index >= 15 is 0 Å². The summed E-state index contributed by atoms with van der Waals surface area (Å²) in [6, 6.07) is 0. The topological polar surface area (TPSA) is 130 Å². The van der Waals surface area contributed by atoms with Crippen LogP contribution in [0.25, 0.3) is 0 Å². The molecule has 9 heteroatoms. The lowest BCUT2D eigenvalue weighted by Crippen LogP contribution is -3.02. The van der Waals surface area contributed by atoms with Crippen LogP contribution in [0.15, 0.2) is 0 Å². The highest BCUT2D eigenvalue weighted by atomic mass is 32.3. The van der Waals surface area contributed by atoms with Crippen molar-refractivity contribution in [3.05, 3.63) is 0 Å². The average Bonchev–Trinajstić information content (AvgIpc) is 1.50. The average molecular weight is 220 g/mol. The quantitative estimate of drug-likeness (QED) is 0.186. The van der Waals surface area contributed by atoms with Gasteiger partial charge in [0.15, 0.2) is 0 Å². The van der Waals surface area contributed by atoms with E-state index in [2.05, 4.69) is 0 Å². The maximum absolute atomic E-state index is 8.52. The lowest BCUT2D eigenvalue weighted by atomic mass is 11.2. The van der Waals surface area contributed by atoms with Gasteiger partial charge in [0.05, 0.1) is 28.2 Å². The monoisotopic (exact) mass is 220 g/mol. The van der Waals surface area contributed by atoms with Crippen molar-refractivity contribution >= 4 is 10.4 Å². The van der Waals surface area contributed by atoms with Gasteiger partial charge in [-0.2, -0.15) is 10.1 Å². The molecule has 84 valence electrons. The highest BCUT2D eigenvalue weighted by molar-refractivity contribution is 7.79. The summed E-state index contributed by atoms with van der Waals surface area (Å²) in [4.78, 5) is 0. The zero-order valence-electron chi connectivity index (χ0n) is 7.94. The molecule has 0 aromatic heterocycles. The molecule has 0 saturated heterocycles. The van der Waals surface area contributed by atoms with Crippen molar-refractivity contribution in [3.63, 3.8) is 0 Å². The van der Waals surface area contributed by atoms with E-state index in [4.69, 9.17) is 27.9 Å². The van der Waals surface area contributed by atoms with Gasteiger partial charge in [0.25, 0.3) is 0 Å². The van der Waals surface area contributed by atoms with E-state index in [1.807, 2.05) is 0 Å². The maximum atomic E-state index is 8.52. The van der Waals surface area contributed by atoms with Crippen molar-refractivity contribution in [1.82, 2.24) is 0 Å². The second kappa shape index (κ2) is 9.80. The molecule has 0 aliphatic heterocycles. The largest absolute Gasteiger partial charge is 0.759 e. The molecule has 0 bridgehead atoms. The van der Waals surface area contributed by atoms with E-state index in [0.717, 1.165) is 0 Å². The molecular formula is C4H16N2O6S. The van der Waals surface area contributed by atoms with Gasteiger partial charge < -0.3 is 9.11 Å². The molecule has 0 aromatic carbocycles. The summed E-state index contributed by atoms with van der Waals surface area (Å²) in [6.45, 7) is 0. The molecule has 0 radical (unpaired) electrons. The van der Waals surface area contributed by atoms with Gasteiger partial charge in [-0.25, -0.2) is 10.4 Å². The Morgan fingerprint density at radius 1 is 0.923 bits per heavy atom. The standard InChI is InChI=1S/2C2H7NO.H2O4S/c2*1-3(2)4;1-5(2,3)4/h2*4H,1-2H3;(H2,1,2,3,4). The molecule has 0 aliphatic carbocycles. The van der Waals surface area contributed by atoms with E-state index in [0.29, 0.717) is 10.1 Å². The van der Waals surface area contributed by atoms with Crippen LogP contribution in [0.4, 0.5) is 0 Å². The third kappa shape index (κ3) is 13100. The van der Waals surface area contributed by atoms with Gasteiger partial charge in [-0.3, -0.25) is 8.42 Å². The Hall–Kier alpha value is -0.290. The zero-order chi connectivity index (χ0) is 11.7. The lowest BCUT2D eigenvalue weighted by Gasteiger charge is -2.06. The Morgan fingerprint density at radius 2 is 0.923 bits per heavy atom. The maximum Gasteiger partial charge on any atom is 0.0963 e. The summed E-state index contributed by atoms with van der Waals surface area (Å²) in [5.41, 5.74) is 0. The minimum Gasteiger partial charge on any atom is -0.759 e. The van der Waals surface area contributed by atoms with Crippen molar-refractivity contribution in [2.75, 3.05) is 28.2 Å². The third-order valence-corrected chi connectivity index (χ3v) is 0. The molecule has 0 rings (SSSR count). The Kier molecular flexibility index (Phi) is 13.9. The summed E-state index contributed by atoms with van der Waals surface area (Å²) in [5.74, 6) is 0. The van der Waals surface area contributed by atoms with Crippen LogP contribution in [0.2, 0.25) is 0 Å². The smallest absolute Gasteiger partial charge is 0.0963 e. The summed E-state index contributed by atoms with van der Waals surface area (Å²) < 4.78 is 34.1. The number of quaternary nitrogens is 2. The van der Waals surface area contributed by atoms with Crippen molar-refractivity contribution < 1.29 is 38.1 Å². The Bertz CT molecular complexity index is 158. The lowest BCUT2D eigenvalue weighted by molar-refractivity contribution is -1.06. The molecular weight excluding hydrogens is 204 g/mol. The van der Waals surface area contributed by atoms with Crippen molar-refractivity contribution in [1.29, 1.82) is 0 Å². The summed E-state index contributed by atoms with van der Waals surface area (Å²) >= 11 is 0. The Labute approximate surface area is 77.5 Å². The predicted octanol–water partition coefficient (Wildman–Crippen LogP) is -4.30. The SMILES string of the molecule is C[NH+](C)O.C[NH+](C)O.O=S(=O)([O-])[O-]. The molecule has 13 heavy (non-hydrogen) atoms. The van der Waals surface area contributed by atoms with E-state index in [1.165, 1.54) is 0 Å². The second-order valence-electron chi connectivity index (χ2n) is 2.30. The second-order valence-corrected chi connectivity index (χ2v) is 3.12. The van der Waals surface area contributed by atoms with Crippen LogP contribution >= 0.6 is 0 Å². The van der Waals surface area contributed by atoms with Crippen LogP contribution < -0.4 is 10.1 Å². The third-order valence-electron chi connectivity index (χ3n) is 0. The van der Waals surface area contributed by atoms with Gasteiger partial charge in [0.2, 0.25) is 0 Å². The molecule has 0 aliphatic rings. The van der Waals surface area contributed by atoms with E-state index < -0.39 is 10.4 Å². The fraction of sp³-hybridized carbons (Fsp3) is 1.00. The predicted molar refractivity (Wildman–Crippen MR) is 39.7 cm³/mol. The first-order valence-electron chi connectivity index (χ1n) is 3.11.